The number of para-hydroxylation sites is 1. The van der Waals surface area contributed by atoms with Crippen LogP contribution in [0.5, 0.6) is 0 Å². The number of nitrogens with zero attached hydrogens (tertiary/aromatic N) is 3. The Morgan fingerprint density at radius 1 is 1.07 bits per heavy atom. The molecule has 8 nitrogen and oxygen atoms in total. The number of carbonyl (C=O) groups is 3. The summed E-state index contributed by atoms with van der Waals surface area (Å²) in [5.74, 6) is -2.80. The summed E-state index contributed by atoms with van der Waals surface area (Å²) < 4.78 is 1.68. The number of benzene rings is 2. The number of carboxylic acids is 1. The molecule has 234 valence electrons. The van der Waals surface area contributed by atoms with Gasteiger partial charge < -0.3 is 10.0 Å². The number of aryl methyl sites for hydroxylation is 2. The van der Waals surface area contributed by atoms with E-state index < -0.39 is 17.8 Å². The number of rotatable bonds is 9. The smallest absolute Gasteiger partial charge is 0.308 e. The van der Waals surface area contributed by atoms with E-state index in [-0.39, 0.29) is 47.9 Å². The van der Waals surface area contributed by atoms with E-state index in [2.05, 4.69) is 0 Å². The summed E-state index contributed by atoms with van der Waals surface area (Å²) >= 11 is 7.40. The summed E-state index contributed by atoms with van der Waals surface area (Å²) in [6.07, 6.45) is 1.64. The number of hydrogen-bond donors (Lipinski definition) is 1. The maximum atomic E-state index is 14.7. The summed E-state index contributed by atoms with van der Waals surface area (Å²) in [6.45, 7) is 7.85. The molecular formula is C35H36ClN3O5S. The summed E-state index contributed by atoms with van der Waals surface area (Å²) in [5, 5.41) is 12.6. The highest BCUT2D eigenvalue weighted by atomic mass is 35.5. The predicted molar refractivity (Wildman–Crippen MR) is 178 cm³/mol. The van der Waals surface area contributed by atoms with Crippen molar-refractivity contribution in [3.8, 4) is 27.5 Å². The lowest BCUT2D eigenvalue weighted by molar-refractivity contribution is -0.146. The molecule has 1 aliphatic heterocycles. The number of aliphatic carboxylic acids is 1. The van der Waals surface area contributed by atoms with Crippen molar-refractivity contribution in [1.29, 1.82) is 0 Å². The molecule has 0 unspecified atom stereocenters. The molecule has 1 atom stereocenters. The molecule has 0 spiro atoms. The Kier molecular flexibility index (Phi) is 9.70. The van der Waals surface area contributed by atoms with Crippen LogP contribution in [0.3, 0.4) is 0 Å². The van der Waals surface area contributed by atoms with Crippen LogP contribution in [0.4, 0.5) is 0 Å². The molecule has 1 saturated heterocycles. The Morgan fingerprint density at radius 3 is 2.33 bits per heavy atom. The van der Waals surface area contributed by atoms with Crippen LogP contribution in [0, 0.1) is 11.8 Å². The normalized spacial score (nSPS) is 15.1. The first-order chi connectivity index (χ1) is 21.5. The van der Waals surface area contributed by atoms with Gasteiger partial charge >= 0.3 is 5.97 Å². The average molecular weight is 646 g/mol. The maximum Gasteiger partial charge on any atom is 0.308 e. The second kappa shape index (κ2) is 13.5. The standard InChI is InChI=1S/C35H36ClN3O5S/c1-5-21-8-7-9-22(6-2)31(21)39-30(14-20(3)4)27(33(41)38-17-24(35(43)44)15-26(40)18-38)16-28(34(39)42)32-37-29(19-45-32)23-10-12-25(36)13-11-23/h7-13,16,19-20,24H,5-6,14-15,17-18H2,1-4H3,(H,43,44)/t24-/m1/s1. The molecule has 1 aliphatic rings. The Labute approximate surface area is 271 Å². The lowest BCUT2D eigenvalue weighted by Crippen LogP contribution is -2.47. The SMILES string of the molecule is CCc1cccc(CC)c1-n1c(CC(C)C)c(C(=O)N2CC(=O)C[C@@H](C(=O)O)C2)cc(-c2nc(-c3ccc(Cl)cc3)cs2)c1=O. The van der Waals surface area contributed by atoms with Crippen LogP contribution < -0.4 is 5.56 Å². The van der Waals surface area contributed by atoms with Gasteiger partial charge in [0.25, 0.3) is 11.5 Å². The summed E-state index contributed by atoms with van der Waals surface area (Å²) in [7, 11) is 0. The highest BCUT2D eigenvalue weighted by molar-refractivity contribution is 7.13. The number of pyridine rings is 1. The number of carboxylic acid groups (broad SMARTS) is 1. The molecule has 0 aliphatic carbocycles. The minimum atomic E-state index is -1.11. The van der Waals surface area contributed by atoms with Crippen molar-refractivity contribution in [3.05, 3.63) is 91.7 Å². The van der Waals surface area contributed by atoms with Gasteiger partial charge in [0.2, 0.25) is 0 Å². The zero-order chi connectivity index (χ0) is 32.4. The van der Waals surface area contributed by atoms with E-state index in [0.29, 0.717) is 40.7 Å². The first-order valence-corrected chi connectivity index (χ1v) is 16.4. The van der Waals surface area contributed by atoms with Crippen molar-refractivity contribution >= 4 is 40.6 Å². The van der Waals surface area contributed by atoms with Crippen LogP contribution in [0.1, 0.15) is 61.3 Å². The van der Waals surface area contributed by atoms with E-state index in [1.165, 1.54) is 16.2 Å². The van der Waals surface area contributed by atoms with Crippen molar-refractivity contribution in [1.82, 2.24) is 14.5 Å². The third-order valence-corrected chi connectivity index (χ3v) is 9.24. The average Bonchev–Trinajstić information content (AvgIpc) is 3.50. The summed E-state index contributed by atoms with van der Waals surface area (Å²) in [4.78, 5) is 59.7. The molecule has 0 saturated carbocycles. The van der Waals surface area contributed by atoms with Crippen molar-refractivity contribution in [2.75, 3.05) is 13.1 Å². The van der Waals surface area contributed by atoms with Crippen LogP contribution in [-0.2, 0) is 28.9 Å². The van der Waals surface area contributed by atoms with Gasteiger partial charge in [-0.25, -0.2) is 4.98 Å². The minimum Gasteiger partial charge on any atom is -0.481 e. The van der Waals surface area contributed by atoms with Gasteiger partial charge in [-0.1, -0.05) is 69.6 Å². The Balaban J connectivity index is 1.79. The molecule has 5 rings (SSSR count). The second-order valence-electron chi connectivity index (χ2n) is 11.8. The number of halogens is 1. The van der Waals surface area contributed by atoms with Gasteiger partial charge in [0.1, 0.15) is 5.01 Å². The second-order valence-corrected chi connectivity index (χ2v) is 13.1. The van der Waals surface area contributed by atoms with Crippen molar-refractivity contribution in [3.63, 3.8) is 0 Å². The monoisotopic (exact) mass is 645 g/mol. The first-order valence-electron chi connectivity index (χ1n) is 15.2. The first kappa shape index (κ1) is 32.3. The van der Waals surface area contributed by atoms with Gasteiger partial charge in [-0.2, -0.15) is 0 Å². The Hall–Kier alpha value is -4.08. The number of amides is 1. The van der Waals surface area contributed by atoms with Crippen LogP contribution in [-0.4, -0.2) is 50.3 Å². The zero-order valence-corrected chi connectivity index (χ0v) is 27.4. The number of Topliss-reactive ketones (excluding diaryl/α,β-unsaturated/α-hetero) is 1. The Bertz CT molecular complexity index is 1800. The van der Waals surface area contributed by atoms with E-state index in [1.54, 1.807) is 22.8 Å². The van der Waals surface area contributed by atoms with Crippen LogP contribution in [0.2, 0.25) is 5.02 Å². The third kappa shape index (κ3) is 6.65. The van der Waals surface area contributed by atoms with Gasteiger partial charge in [0.15, 0.2) is 5.78 Å². The molecule has 4 aromatic rings. The van der Waals surface area contributed by atoms with Crippen LogP contribution >= 0.6 is 22.9 Å². The molecule has 1 amide bonds. The fourth-order valence-electron chi connectivity index (χ4n) is 5.91. The number of carbonyl (C=O) groups excluding carboxylic acids is 2. The minimum absolute atomic E-state index is 0.0815. The lowest BCUT2D eigenvalue weighted by Gasteiger charge is -2.31. The van der Waals surface area contributed by atoms with E-state index in [0.717, 1.165) is 22.4 Å². The molecule has 2 aromatic heterocycles. The van der Waals surface area contributed by atoms with E-state index in [1.807, 2.05) is 63.4 Å². The number of aromatic nitrogens is 2. The number of piperidine rings is 1. The molecule has 0 radical (unpaired) electrons. The van der Waals surface area contributed by atoms with E-state index in [9.17, 15) is 24.3 Å². The highest BCUT2D eigenvalue weighted by Gasteiger charge is 2.35. The number of thiazole rings is 1. The van der Waals surface area contributed by atoms with Gasteiger partial charge in [-0.15, -0.1) is 11.3 Å². The maximum absolute atomic E-state index is 14.7. The van der Waals surface area contributed by atoms with Gasteiger partial charge in [-0.05, 0) is 54.5 Å². The fraction of sp³-hybridized carbons (Fsp3) is 0.343. The number of likely N-dealkylation sites (tertiary alicyclic amines) is 1. The van der Waals surface area contributed by atoms with Crippen LogP contribution in [0.25, 0.3) is 27.5 Å². The molecule has 1 fully saturated rings. The van der Waals surface area contributed by atoms with Gasteiger partial charge in [0.05, 0.1) is 35.0 Å². The van der Waals surface area contributed by atoms with Crippen molar-refractivity contribution in [2.24, 2.45) is 11.8 Å². The molecule has 1 N–H and O–H groups in total. The predicted octanol–water partition coefficient (Wildman–Crippen LogP) is 6.72. The molecule has 3 heterocycles. The number of hydrogen-bond acceptors (Lipinski definition) is 6. The quantitative estimate of drug-likeness (QED) is 0.216. The zero-order valence-electron chi connectivity index (χ0n) is 25.8. The van der Waals surface area contributed by atoms with Crippen molar-refractivity contribution < 1.29 is 19.5 Å². The lowest BCUT2D eigenvalue weighted by atomic mass is 9.94. The van der Waals surface area contributed by atoms with E-state index >= 15 is 0 Å². The Morgan fingerprint density at radius 2 is 1.73 bits per heavy atom. The summed E-state index contributed by atoms with van der Waals surface area (Å²) in [6, 6.07) is 14.8. The third-order valence-electron chi connectivity index (χ3n) is 8.12. The topological polar surface area (TPSA) is 110 Å². The fourth-order valence-corrected chi connectivity index (χ4v) is 6.87. The number of ketones is 1. The van der Waals surface area contributed by atoms with Gasteiger partial charge in [0, 0.05) is 34.6 Å². The highest BCUT2D eigenvalue weighted by Crippen LogP contribution is 2.32. The molecule has 2 aromatic carbocycles. The largest absolute Gasteiger partial charge is 0.481 e. The van der Waals surface area contributed by atoms with Crippen LogP contribution in [0.15, 0.2) is 58.7 Å². The summed E-state index contributed by atoms with van der Waals surface area (Å²) in [5.41, 5.74) is 5.00. The molecule has 0 bridgehead atoms. The van der Waals surface area contributed by atoms with E-state index in [4.69, 9.17) is 16.6 Å². The molecular weight excluding hydrogens is 610 g/mol. The molecule has 10 heteroatoms. The van der Waals surface area contributed by atoms with Gasteiger partial charge in [-0.3, -0.25) is 23.7 Å². The molecule has 45 heavy (non-hydrogen) atoms. The van der Waals surface area contributed by atoms with Crippen molar-refractivity contribution in [2.45, 2.75) is 53.4 Å².